The van der Waals surface area contributed by atoms with Gasteiger partial charge in [-0.05, 0) is 54.8 Å². The van der Waals surface area contributed by atoms with E-state index in [0.717, 1.165) is 12.8 Å². The molecular formula is C27H29NO7. The number of likely N-dealkylation sites (tertiary alicyclic amines) is 1. The van der Waals surface area contributed by atoms with E-state index in [1.54, 1.807) is 55.7 Å². The van der Waals surface area contributed by atoms with Gasteiger partial charge in [0.2, 0.25) is 0 Å². The molecule has 2 aromatic rings. The number of aliphatic hydroxyl groups is 1. The summed E-state index contributed by atoms with van der Waals surface area (Å²) in [6.07, 6.45) is 3.15. The topological polar surface area (TPSA) is 94.5 Å². The van der Waals surface area contributed by atoms with Crippen LogP contribution < -0.4 is 14.2 Å². The van der Waals surface area contributed by atoms with Gasteiger partial charge in [0.05, 0.1) is 31.9 Å². The Morgan fingerprint density at radius 1 is 1.14 bits per heavy atom. The van der Waals surface area contributed by atoms with Crippen molar-refractivity contribution < 1.29 is 33.6 Å². The molecule has 35 heavy (non-hydrogen) atoms. The molecule has 0 spiro atoms. The zero-order valence-electron chi connectivity index (χ0n) is 19.9. The van der Waals surface area contributed by atoms with Gasteiger partial charge in [0.1, 0.15) is 18.1 Å². The van der Waals surface area contributed by atoms with E-state index in [1.807, 2.05) is 0 Å². The Hall–Kier alpha value is -3.78. The summed E-state index contributed by atoms with van der Waals surface area (Å²) in [6, 6.07) is 11.0. The van der Waals surface area contributed by atoms with E-state index in [9.17, 15) is 14.7 Å². The van der Waals surface area contributed by atoms with Crippen LogP contribution in [-0.2, 0) is 14.3 Å². The average molecular weight is 480 g/mol. The van der Waals surface area contributed by atoms with Crippen LogP contribution >= 0.6 is 0 Å². The lowest BCUT2D eigenvalue weighted by molar-refractivity contribution is -0.140. The number of carbonyl (C=O) groups is 2. The largest absolute Gasteiger partial charge is 0.507 e. The van der Waals surface area contributed by atoms with E-state index >= 15 is 0 Å². The Kier molecular flexibility index (Phi) is 7.41. The quantitative estimate of drug-likeness (QED) is 0.253. The number of ketones is 1. The summed E-state index contributed by atoms with van der Waals surface area (Å²) < 4.78 is 22.1. The van der Waals surface area contributed by atoms with Crippen LogP contribution in [0.15, 0.2) is 60.7 Å². The lowest BCUT2D eigenvalue weighted by atomic mass is 9.94. The Labute approximate surface area is 204 Å². The Morgan fingerprint density at radius 2 is 1.91 bits per heavy atom. The van der Waals surface area contributed by atoms with Crippen molar-refractivity contribution in [2.75, 3.05) is 34.0 Å². The third-order valence-electron chi connectivity index (χ3n) is 6.19. The van der Waals surface area contributed by atoms with Gasteiger partial charge in [-0.15, -0.1) is 0 Å². The molecule has 2 heterocycles. The molecular weight excluding hydrogens is 450 g/mol. The molecule has 0 radical (unpaired) electrons. The van der Waals surface area contributed by atoms with Crippen LogP contribution in [-0.4, -0.2) is 61.8 Å². The number of amides is 1. The van der Waals surface area contributed by atoms with Crippen LogP contribution in [0.2, 0.25) is 0 Å². The average Bonchev–Trinajstić information content (AvgIpc) is 3.49. The first-order chi connectivity index (χ1) is 17.0. The fraction of sp³-hybridized carbons (Fsp3) is 0.333. The van der Waals surface area contributed by atoms with E-state index < -0.39 is 17.7 Å². The van der Waals surface area contributed by atoms with Gasteiger partial charge in [-0.25, -0.2) is 0 Å². The van der Waals surface area contributed by atoms with E-state index in [1.165, 1.54) is 12.0 Å². The van der Waals surface area contributed by atoms with Crippen molar-refractivity contribution >= 4 is 17.4 Å². The molecule has 8 nitrogen and oxygen atoms in total. The molecule has 2 aromatic carbocycles. The number of benzene rings is 2. The number of ether oxygens (including phenoxy) is 4. The van der Waals surface area contributed by atoms with Gasteiger partial charge in [0.15, 0.2) is 11.5 Å². The third kappa shape index (κ3) is 4.88. The first-order valence-corrected chi connectivity index (χ1v) is 11.4. The molecule has 0 aliphatic carbocycles. The lowest BCUT2D eigenvalue weighted by Gasteiger charge is -2.28. The molecule has 2 aliphatic heterocycles. The number of hydrogen-bond acceptors (Lipinski definition) is 7. The van der Waals surface area contributed by atoms with Gasteiger partial charge in [-0.2, -0.15) is 0 Å². The minimum atomic E-state index is -0.816. The SMILES string of the molecule is C=CCOc1ccc(C2C(=C(O)c3ccc(OC)cc3)C(=O)C(=O)N2CC2CCCO2)cc1OC. The Morgan fingerprint density at radius 3 is 2.54 bits per heavy atom. The highest BCUT2D eigenvalue weighted by Gasteiger charge is 2.47. The standard InChI is InChI=1S/C27H29NO7/c1-4-13-35-21-12-9-18(15-22(21)33-3)24-23(25(29)17-7-10-19(32-2)11-8-17)26(30)27(31)28(24)16-20-6-5-14-34-20/h4,7-12,15,20,24,29H,1,5-6,13-14,16H2,2-3H3. The molecule has 0 saturated carbocycles. The summed E-state index contributed by atoms with van der Waals surface area (Å²) in [6.45, 7) is 4.81. The summed E-state index contributed by atoms with van der Waals surface area (Å²) in [5.74, 6) is -0.119. The van der Waals surface area contributed by atoms with Gasteiger partial charge in [-0.1, -0.05) is 18.7 Å². The summed E-state index contributed by atoms with van der Waals surface area (Å²) in [5.41, 5.74) is 1.03. The maximum Gasteiger partial charge on any atom is 0.295 e. The minimum Gasteiger partial charge on any atom is -0.507 e. The molecule has 8 heteroatoms. The fourth-order valence-electron chi connectivity index (χ4n) is 4.45. The second-order valence-electron chi connectivity index (χ2n) is 8.32. The van der Waals surface area contributed by atoms with Crippen molar-refractivity contribution in [3.8, 4) is 17.2 Å². The van der Waals surface area contributed by atoms with Gasteiger partial charge >= 0.3 is 0 Å². The third-order valence-corrected chi connectivity index (χ3v) is 6.19. The zero-order valence-corrected chi connectivity index (χ0v) is 19.9. The molecule has 184 valence electrons. The fourth-order valence-corrected chi connectivity index (χ4v) is 4.45. The lowest BCUT2D eigenvalue weighted by Crippen LogP contribution is -2.36. The first kappa shape index (κ1) is 24.3. The molecule has 0 aromatic heterocycles. The number of aliphatic hydroxyl groups excluding tert-OH is 1. The predicted octanol–water partition coefficient (Wildman–Crippen LogP) is 3.87. The zero-order chi connectivity index (χ0) is 24.9. The summed E-state index contributed by atoms with van der Waals surface area (Å²) in [5, 5.41) is 11.2. The van der Waals surface area contributed by atoms with Crippen LogP contribution in [0.3, 0.4) is 0 Å². The normalized spacial score (nSPS) is 21.3. The molecule has 2 unspecified atom stereocenters. The molecule has 2 fully saturated rings. The van der Waals surface area contributed by atoms with Crippen molar-refractivity contribution in [2.24, 2.45) is 0 Å². The number of hydrogen-bond donors (Lipinski definition) is 1. The van der Waals surface area contributed by atoms with Crippen molar-refractivity contribution in [3.05, 3.63) is 71.8 Å². The van der Waals surface area contributed by atoms with Crippen LogP contribution in [0.4, 0.5) is 0 Å². The van der Waals surface area contributed by atoms with Crippen molar-refractivity contribution in [3.63, 3.8) is 0 Å². The molecule has 2 atom stereocenters. The molecule has 2 saturated heterocycles. The summed E-state index contributed by atoms with van der Waals surface area (Å²) in [4.78, 5) is 27.9. The molecule has 4 rings (SSSR count). The van der Waals surface area contributed by atoms with Crippen molar-refractivity contribution in [2.45, 2.75) is 25.0 Å². The van der Waals surface area contributed by atoms with Crippen LogP contribution in [0, 0.1) is 0 Å². The Balaban J connectivity index is 1.81. The van der Waals surface area contributed by atoms with E-state index in [-0.39, 0.29) is 24.0 Å². The van der Waals surface area contributed by atoms with Crippen molar-refractivity contribution in [1.29, 1.82) is 0 Å². The smallest absolute Gasteiger partial charge is 0.295 e. The summed E-state index contributed by atoms with van der Waals surface area (Å²) >= 11 is 0. The number of rotatable bonds is 9. The van der Waals surface area contributed by atoms with Crippen LogP contribution in [0.5, 0.6) is 17.2 Å². The molecule has 1 amide bonds. The highest BCUT2D eigenvalue weighted by atomic mass is 16.5. The minimum absolute atomic E-state index is 0.0139. The van der Waals surface area contributed by atoms with E-state index in [0.29, 0.717) is 41.6 Å². The molecule has 2 aliphatic rings. The monoisotopic (exact) mass is 479 g/mol. The second kappa shape index (κ2) is 10.7. The van der Waals surface area contributed by atoms with Crippen LogP contribution in [0.1, 0.15) is 30.0 Å². The number of methoxy groups -OCH3 is 2. The van der Waals surface area contributed by atoms with Gasteiger partial charge < -0.3 is 29.0 Å². The number of Topliss-reactive ketones (excluding diaryl/α,β-unsaturated/α-hetero) is 1. The van der Waals surface area contributed by atoms with Gasteiger partial charge in [0.25, 0.3) is 11.7 Å². The van der Waals surface area contributed by atoms with Gasteiger partial charge in [0, 0.05) is 18.7 Å². The summed E-state index contributed by atoms with van der Waals surface area (Å²) in [7, 11) is 3.06. The number of nitrogens with zero attached hydrogens (tertiary/aromatic N) is 1. The molecule has 0 bridgehead atoms. The van der Waals surface area contributed by atoms with Gasteiger partial charge in [-0.3, -0.25) is 9.59 Å². The second-order valence-corrected chi connectivity index (χ2v) is 8.32. The van der Waals surface area contributed by atoms with E-state index in [4.69, 9.17) is 18.9 Å². The predicted molar refractivity (Wildman–Crippen MR) is 130 cm³/mol. The maximum absolute atomic E-state index is 13.2. The van der Waals surface area contributed by atoms with Crippen LogP contribution in [0.25, 0.3) is 5.76 Å². The first-order valence-electron chi connectivity index (χ1n) is 11.4. The highest BCUT2D eigenvalue weighted by molar-refractivity contribution is 6.46. The van der Waals surface area contributed by atoms with Crippen molar-refractivity contribution in [1.82, 2.24) is 4.90 Å². The number of carbonyl (C=O) groups excluding carboxylic acids is 2. The van der Waals surface area contributed by atoms with E-state index in [2.05, 4.69) is 6.58 Å². The maximum atomic E-state index is 13.2. The highest BCUT2D eigenvalue weighted by Crippen LogP contribution is 2.42. The molecule has 1 N–H and O–H groups in total. The Bertz CT molecular complexity index is 1130.